The van der Waals surface area contributed by atoms with Crippen LogP contribution in [0.5, 0.6) is 0 Å². The molecule has 5 heteroatoms. The van der Waals surface area contributed by atoms with E-state index in [4.69, 9.17) is 9.15 Å². The van der Waals surface area contributed by atoms with Gasteiger partial charge in [0.2, 0.25) is 5.91 Å². The average molecular weight is 280 g/mol. The van der Waals surface area contributed by atoms with Gasteiger partial charge < -0.3 is 14.5 Å². The molecule has 0 aromatic carbocycles. The van der Waals surface area contributed by atoms with E-state index in [9.17, 15) is 4.79 Å². The molecule has 1 fully saturated rings. The van der Waals surface area contributed by atoms with E-state index in [1.54, 1.807) is 0 Å². The minimum atomic E-state index is -0.142. The molecule has 0 radical (unpaired) electrons. The van der Waals surface area contributed by atoms with Gasteiger partial charge in [0.05, 0.1) is 18.2 Å². The van der Waals surface area contributed by atoms with E-state index < -0.39 is 0 Å². The Hall–Kier alpha value is -1.36. The van der Waals surface area contributed by atoms with Gasteiger partial charge in [0, 0.05) is 18.6 Å². The van der Waals surface area contributed by atoms with Crippen LogP contribution < -0.4 is 5.32 Å². The maximum absolute atomic E-state index is 11.9. The lowest BCUT2D eigenvalue weighted by Crippen LogP contribution is -2.32. The van der Waals surface area contributed by atoms with E-state index in [2.05, 4.69) is 10.3 Å². The van der Waals surface area contributed by atoms with Crippen LogP contribution in [0.1, 0.15) is 51.0 Å². The van der Waals surface area contributed by atoms with E-state index in [1.807, 2.05) is 27.7 Å². The molecule has 112 valence electrons. The summed E-state index contributed by atoms with van der Waals surface area (Å²) in [5, 5.41) is 2.90. The maximum Gasteiger partial charge on any atom is 0.227 e. The minimum absolute atomic E-state index is 0.0415. The quantitative estimate of drug-likeness (QED) is 0.917. The SMILES string of the molecule is Cc1nc(C(C)(C)C)oc1CC(=O)NCC1CCCO1. The third-order valence-electron chi connectivity index (χ3n) is 3.41. The van der Waals surface area contributed by atoms with E-state index in [0.29, 0.717) is 18.2 Å². The molecule has 1 amide bonds. The van der Waals surface area contributed by atoms with Crippen molar-refractivity contribution >= 4 is 5.91 Å². The molecule has 2 rings (SSSR count). The maximum atomic E-state index is 11.9. The molecule has 20 heavy (non-hydrogen) atoms. The molecule has 1 saturated heterocycles. The summed E-state index contributed by atoms with van der Waals surface area (Å²) in [5.74, 6) is 1.29. The Bertz CT molecular complexity index is 468. The molecule has 1 atom stereocenters. The number of carbonyl (C=O) groups is 1. The molecule has 1 aromatic heterocycles. The van der Waals surface area contributed by atoms with Gasteiger partial charge in [-0.15, -0.1) is 0 Å². The van der Waals surface area contributed by atoms with Crippen LogP contribution in [-0.2, 0) is 21.4 Å². The van der Waals surface area contributed by atoms with Crippen molar-refractivity contribution in [3.63, 3.8) is 0 Å². The Balaban J connectivity index is 1.89. The van der Waals surface area contributed by atoms with Crippen molar-refractivity contribution in [2.75, 3.05) is 13.2 Å². The summed E-state index contributed by atoms with van der Waals surface area (Å²) in [4.78, 5) is 16.3. The van der Waals surface area contributed by atoms with Gasteiger partial charge in [0.25, 0.3) is 0 Å². The standard InChI is InChI=1S/C15H24N2O3/c1-10-12(20-14(17-10)15(2,3)4)8-13(18)16-9-11-6-5-7-19-11/h11H,5-9H2,1-4H3,(H,16,18). The third-order valence-corrected chi connectivity index (χ3v) is 3.41. The molecule has 2 heterocycles. The first kappa shape index (κ1) is 15.0. The second-order valence-corrected chi connectivity index (χ2v) is 6.39. The van der Waals surface area contributed by atoms with Crippen LogP contribution in [0.3, 0.4) is 0 Å². The predicted molar refractivity (Wildman–Crippen MR) is 75.6 cm³/mol. The zero-order valence-electron chi connectivity index (χ0n) is 12.8. The molecule has 0 spiro atoms. The largest absolute Gasteiger partial charge is 0.444 e. The number of carbonyl (C=O) groups excluding carboxylic acids is 1. The molecule has 1 unspecified atom stereocenters. The molecule has 1 aromatic rings. The summed E-state index contributed by atoms with van der Waals surface area (Å²) < 4.78 is 11.2. The number of hydrogen-bond acceptors (Lipinski definition) is 4. The van der Waals surface area contributed by atoms with Crippen LogP contribution in [0, 0.1) is 6.92 Å². The number of rotatable bonds is 4. The van der Waals surface area contributed by atoms with Gasteiger partial charge in [-0.1, -0.05) is 20.8 Å². The number of hydrogen-bond donors (Lipinski definition) is 1. The zero-order chi connectivity index (χ0) is 14.8. The molecular formula is C15H24N2O3. The van der Waals surface area contributed by atoms with Gasteiger partial charge in [0.1, 0.15) is 5.76 Å². The highest BCUT2D eigenvalue weighted by molar-refractivity contribution is 5.78. The molecule has 0 bridgehead atoms. The van der Waals surface area contributed by atoms with Crippen LogP contribution in [0.25, 0.3) is 0 Å². The second kappa shape index (κ2) is 5.95. The Morgan fingerprint density at radius 3 is 2.75 bits per heavy atom. The van der Waals surface area contributed by atoms with Crippen molar-refractivity contribution < 1.29 is 13.9 Å². The van der Waals surface area contributed by atoms with Crippen LogP contribution in [0.2, 0.25) is 0 Å². The monoisotopic (exact) mass is 280 g/mol. The van der Waals surface area contributed by atoms with E-state index in [1.165, 1.54) is 0 Å². The smallest absolute Gasteiger partial charge is 0.227 e. The van der Waals surface area contributed by atoms with Gasteiger partial charge in [-0.05, 0) is 19.8 Å². The van der Waals surface area contributed by atoms with Crippen molar-refractivity contribution in [1.82, 2.24) is 10.3 Å². The van der Waals surface area contributed by atoms with Crippen LogP contribution in [0.4, 0.5) is 0 Å². The van der Waals surface area contributed by atoms with Gasteiger partial charge in [-0.2, -0.15) is 0 Å². The van der Waals surface area contributed by atoms with E-state index in [-0.39, 0.29) is 23.8 Å². The fourth-order valence-corrected chi connectivity index (χ4v) is 2.15. The first-order valence-corrected chi connectivity index (χ1v) is 7.21. The van der Waals surface area contributed by atoms with Crippen molar-refractivity contribution in [2.24, 2.45) is 0 Å². The van der Waals surface area contributed by atoms with E-state index in [0.717, 1.165) is 25.1 Å². The van der Waals surface area contributed by atoms with Gasteiger partial charge in [-0.3, -0.25) is 4.79 Å². The van der Waals surface area contributed by atoms with Crippen LogP contribution in [0.15, 0.2) is 4.42 Å². The normalized spacial score (nSPS) is 19.3. The Kier molecular flexibility index (Phi) is 4.48. The van der Waals surface area contributed by atoms with E-state index >= 15 is 0 Å². The number of amides is 1. The van der Waals surface area contributed by atoms with Crippen LogP contribution >= 0.6 is 0 Å². The third kappa shape index (κ3) is 3.82. The molecule has 1 N–H and O–H groups in total. The first-order valence-electron chi connectivity index (χ1n) is 7.21. The number of ether oxygens (including phenoxy) is 1. The highest BCUT2D eigenvalue weighted by Crippen LogP contribution is 2.24. The summed E-state index contributed by atoms with van der Waals surface area (Å²) in [6.07, 6.45) is 2.51. The molecule has 5 nitrogen and oxygen atoms in total. The lowest BCUT2D eigenvalue weighted by molar-refractivity contribution is -0.121. The van der Waals surface area contributed by atoms with Gasteiger partial charge in [-0.25, -0.2) is 4.98 Å². The topological polar surface area (TPSA) is 64.4 Å². The zero-order valence-corrected chi connectivity index (χ0v) is 12.8. The predicted octanol–water partition coefficient (Wildman–Crippen LogP) is 2.12. The molecule has 0 aliphatic carbocycles. The highest BCUT2D eigenvalue weighted by Gasteiger charge is 2.23. The fraction of sp³-hybridized carbons (Fsp3) is 0.733. The van der Waals surface area contributed by atoms with Crippen molar-refractivity contribution in [3.05, 3.63) is 17.3 Å². The van der Waals surface area contributed by atoms with Gasteiger partial charge >= 0.3 is 0 Å². The molecule has 1 aliphatic heterocycles. The number of nitrogens with one attached hydrogen (secondary N) is 1. The average Bonchev–Trinajstić information content (AvgIpc) is 2.96. The first-order chi connectivity index (χ1) is 9.36. The van der Waals surface area contributed by atoms with Crippen molar-refractivity contribution in [3.8, 4) is 0 Å². The summed E-state index contributed by atoms with van der Waals surface area (Å²) in [7, 11) is 0. The van der Waals surface area contributed by atoms with Crippen LogP contribution in [-0.4, -0.2) is 30.1 Å². The second-order valence-electron chi connectivity index (χ2n) is 6.39. The number of aromatic nitrogens is 1. The van der Waals surface area contributed by atoms with Crippen molar-refractivity contribution in [1.29, 1.82) is 0 Å². The summed E-state index contributed by atoms with van der Waals surface area (Å²) in [5.41, 5.74) is 0.652. The fourth-order valence-electron chi connectivity index (χ4n) is 2.15. The number of nitrogens with zero attached hydrogens (tertiary/aromatic N) is 1. The Morgan fingerprint density at radius 2 is 2.20 bits per heavy atom. The van der Waals surface area contributed by atoms with Gasteiger partial charge in [0.15, 0.2) is 5.89 Å². The summed E-state index contributed by atoms with van der Waals surface area (Å²) in [6, 6.07) is 0. The summed E-state index contributed by atoms with van der Waals surface area (Å²) in [6.45, 7) is 9.38. The lowest BCUT2D eigenvalue weighted by atomic mass is 9.97. The molecule has 0 saturated carbocycles. The Labute approximate surface area is 120 Å². The highest BCUT2D eigenvalue weighted by atomic mass is 16.5. The Morgan fingerprint density at radius 1 is 1.45 bits per heavy atom. The molecular weight excluding hydrogens is 256 g/mol. The number of aryl methyl sites for hydroxylation is 1. The van der Waals surface area contributed by atoms with Crippen molar-refractivity contribution in [2.45, 2.75) is 58.5 Å². The minimum Gasteiger partial charge on any atom is -0.444 e. The molecule has 1 aliphatic rings. The number of oxazole rings is 1. The summed E-state index contributed by atoms with van der Waals surface area (Å²) >= 11 is 0. The lowest BCUT2D eigenvalue weighted by Gasteiger charge is -2.12.